The number of rotatable bonds is 5. The van der Waals surface area contributed by atoms with E-state index in [0.717, 1.165) is 6.33 Å². The molecule has 0 fully saturated rings. The Bertz CT molecular complexity index is 777. The van der Waals surface area contributed by atoms with E-state index in [1.54, 1.807) is 0 Å². The standard InChI is InChI=1S/C12H11ClN4O5/c1-21-8-4-9(22-2)7(3-6(8)13)16-11-10(17(19)20)12(18)15-5-14-11/h3-5H,1-2H3,(H2,14,15,16,18). The molecule has 0 spiro atoms. The highest BCUT2D eigenvalue weighted by Gasteiger charge is 2.22. The quantitative estimate of drug-likeness (QED) is 0.637. The van der Waals surface area contributed by atoms with E-state index in [1.807, 2.05) is 0 Å². The average molecular weight is 327 g/mol. The van der Waals surface area contributed by atoms with Crippen molar-refractivity contribution in [2.75, 3.05) is 19.5 Å². The third-order valence-electron chi connectivity index (χ3n) is 2.74. The molecule has 0 aliphatic carbocycles. The first kappa shape index (κ1) is 15.6. The van der Waals surface area contributed by atoms with Crippen molar-refractivity contribution in [2.24, 2.45) is 0 Å². The van der Waals surface area contributed by atoms with Gasteiger partial charge in [0, 0.05) is 6.07 Å². The molecule has 0 saturated heterocycles. The first-order chi connectivity index (χ1) is 10.5. The van der Waals surface area contributed by atoms with Crippen molar-refractivity contribution in [1.82, 2.24) is 9.97 Å². The zero-order valence-electron chi connectivity index (χ0n) is 11.5. The lowest BCUT2D eigenvalue weighted by Crippen LogP contribution is -2.14. The summed E-state index contributed by atoms with van der Waals surface area (Å²) in [7, 11) is 2.85. The maximum absolute atomic E-state index is 11.5. The predicted octanol–water partition coefficient (Wildman–Crippen LogP) is 2.09. The van der Waals surface area contributed by atoms with Crippen LogP contribution in [0, 0.1) is 10.1 Å². The van der Waals surface area contributed by atoms with Gasteiger partial charge in [0.1, 0.15) is 11.5 Å². The topological polar surface area (TPSA) is 119 Å². The molecular formula is C12H11ClN4O5. The van der Waals surface area contributed by atoms with Crippen LogP contribution in [0.1, 0.15) is 0 Å². The second-order valence-electron chi connectivity index (χ2n) is 4.00. The molecule has 1 aromatic heterocycles. The molecule has 116 valence electrons. The summed E-state index contributed by atoms with van der Waals surface area (Å²) in [5, 5.41) is 13.9. The van der Waals surface area contributed by atoms with Crippen LogP contribution in [0.4, 0.5) is 17.2 Å². The van der Waals surface area contributed by atoms with Gasteiger partial charge in [0.2, 0.25) is 5.82 Å². The molecule has 2 rings (SSSR count). The minimum absolute atomic E-state index is 0.228. The van der Waals surface area contributed by atoms with Crippen molar-refractivity contribution in [3.05, 3.63) is 44.0 Å². The summed E-state index contributed by atoms with van der Waals surface area (Å²) < 4.78 is 10.2. The molecule has 0 aliphatic heterocycles. The van der Waals surface area contributed by atoms with Gasteiger partial charge < -0.3 is 19.8 Å². The van der Waals surface area contributed by atoms with E-state index in [-0.39, 0.29) is 10.8 Å². The van der Waals surface area contributed by atoms with Crippen molar-refractivity contribution in [3.8, 4) is 11.5 Å². The van der Waals surface area contributed by atoms with Crippen molar-refractivity contribution in [1.29, 1.82) is 0 Å². The number of aromatic nitrogens is 2. The fraction of sp³-hybridized carbons (Fsp3) is 0.167. The van der Waals surface area contributed by atoms with Gasteiger partial charge in [0.05, 0.1) is 36.2 Å². The number of anilines is 2. The van der Waals surface area contributed by atoms with Gasteiger partial charge in [-0.1, -0.05) is 11.6 Å². The van der Waals surface area contributed by atoms with Crippen LogP contribution >= 0.6 is 11.6 Å². The summed E-state index contributed by atoms with van der Waals surface area (Å²) in [4.78, 5) is 27.6. The normalized spacial score (nSPS) is 10.1. The average Bonchev–Trinajstić information content (AvgIpc) is 2.47. The van der Waals surface area contributed by atoms with Crippen LogP contribution < -0.4 is 20.3 Å². The van der Waals surface area contributed by atoms with Gasteiger partial charge in [0.25, 0.3) is 0 Å². The van der Waals surface area contributed by atoms with Gasteiger partial charge in [-0.2, -0.15) is 0 Å². The zero-order chi connectivity index (χ0) is 16.3. The molecule has 9 nitrogen and oxygen atoms in total. The van der Waals surface area contributed by atoms with Gasteiger partial charge in [-0.3, -0.25) is 14.9 Å². The SMILES string of the molecule is COc1cc(OC)c(Nc2nc[nH]c(=O)c2[N+](=O)[O-])cc1Cl. The van der Waals surface area contributed by atoms with E-state index in [4.69, 9.17) is 21.1 Å². The van der Waals surface area contributed by atoms with Gasteiger partial charge in [0.15, 0.2) is 0 Å². The molecule has 2 N–H and O–H groups in total. The smallest absolute Gasteiger partial charge is 0.376 e. The Balaban J connectivity index is 2.52. The van der Waals surface area contributed by atoms with Crippen LogP contribution in [-0.2, 0) is 0 Å². The summed E-state index contributed by atoms with van der Waals surface area (Å²) >= 11 is 6.02. The van der Waals surface area contributed by atoms with E-state index >= 15 is 0 Å². The molecule has 0 radical (unpaired) electrons. The lowest BCUT2D eigenvalue weighted by molar-refractivity contribution is -0.385. The Morgan fingerprint density at radius 1 is 1.32 bits per heavy atom. The molecule has 0 unspecified atom stereocenters. The molecule has 10 heteroatoms. The highest BCUT2D eigenvalue weighted by Crippen LogP contribution is 2.37. The van der Waals surface area contributed by atoms with Crippen molar-refractivity contribution >= 4 is 28.8 Å². The molecular weight excluding hydrogens is 316 g/mol. The number of methoxy groups -OCH3 is 2. The molecule has 1 heterocycles. The largest absolute Gasteiger partial charge is 0.495 e. The lowest BCUT2D eigenvalue weighted by Gasteiger charge is -2.13. The first-order valence-corrected chi connectivity index (χ1v) is 6.26. The second kappa shape index (κ2) is 6.31. The second-order valence-corrected chi connectivity index (χ2v) is 4.41. The van der Waals surface area contributed by atoms with Crippen molar-refractivity contribution in [3.63, 3.8) is 0 Å². The third-order valence-corrected chi connectivity index (χ3v) is 3.03. The van der Waals surface area contributed by atoms with Gasteiger partial charge in [-0.05, 0) is 6.07 Å². The molecule has 22 heavy (non-hydrogen) atoms. The number of ether oxygens (including phenoxy) is 2. The maximum atomic E-state index is 11.5. The highest BCUT2D eigenvalue weighted by atomic mass is 35.5. The van der Waals surface area contributed by atoms with Crippen LogP contribution in [0.25, 0.3) is 0 Å². The van der Waals surface area contributed by atoms with E-state index in [2.05, 4.69) is 15.3 Å². The Hall–Kier alpha value is -2.81. The molecule has 0 saturated carbocycles. The van der Waals surface area contributed by atoms with Gasteiger partial charge in [-0.25, -0.2) is 4.98 Å². The fourth-order valence-corrected chi connectivity index (χ4v) is 1.98. The molecule has 0 aliphatic rings. The van der Waals surface area contributed by atoms with Gasteiger partial charge >= 0.3 is 11.2 Å². The van der Waals surface area contributed by atoms with E-state index in [9.17, 15) is 14.9 Å². The summed E-state index contributed by atoms with van der Waals surface area (Å²) in [6.07, 6.45) is 1.05. The number of nitro groups is 1. The number of hydrogen-bond donors (Lipinski definition) is 2. The van der Waals surface area contributed by atoms with E-state index in [0.29, 0.717) is 17.2 Å². The Morgan fingerprint density at radius 3 is 2.59 bits per heavy atom. The number of halogens is 1. The maximum Gasteiger partial charge on any atom is 0.376 e. The minimum Gasteiger partial charge on any atom is -0.495 e. The number of aromatic amines is 1. The Labute approximate surface area is 129 Å². The zero-order valence-corrected chi connectivity index (χ0v) is 12.3. The number of nitrogens with zero attached hydrogens (tertiary/aromatic N) is 2. The van der Waals surface area contributed by atoms with Crippen LogP contribution in [0.2, 0.25) is 5.02 Å². The summed E-state index contributed by atoms with van der Waals surface area (Å²) in [5.74, 6) is 0.461. The molecule has 0 amide bonds. The highest BCUT2D eigenvalue weighted by molar-refractivity contribution is 6.32. The monoisotopic (exact) mass is 326 g/mol. The lowest BCUT2D eigenvalue weighted by atomic mass is 10.2. The van der Waals surface area contributed by atoms with Crippen molar-refractivity contribution in [2.45, 2.75) is 0 Å². The van der Waals surface area contributed by atoms with Crippen LogP contribution in [-0.4, -0.2) is 29.1 Å². The minimum atomic E-state index is -0.874. The fourth-order valence-electron chi connectivity index (χ4n) is 1.74. The molecule has 0 bridgehead atoms. The third kappa shape index (κ3) is 2.93. The number of nitrogens with one attached hydrogen (secondary N) is 2. The molecule has 0 atom stereocenters. The summed E-state index contributed by atoms with van der Waals surface area (Å²) in [6, 6.07) is 2.95. The van der Waals surface area contributed by atoms with E-state index in [1.165, 1.54) is 26.4 Å². The Kier molecular flexibility index (Phi) is 4.47. The van der Waals surface area contributed by atoms with E-state index < -0.39 is 16.2 Å². The summed E-state index contributed by atoms with van der Waals surface area (Å²) in [5.41, 5.74) is -1.29. The first-order valence-electron chi connectivity index (χ1n) is 5.88. The van der Waals surface area contributed by atoms with Crippen LogP contribution in [0.3, 0.4) is 0 Å². The molecule has 2 aromatic rings. The van der Waals surface area contributed by atoms with Crippen LogP contribution in [0.5, 0.6) is 11.5 Å². The van der Waals surface area contributed by atoms with Crippen molar-refractivity contribution < 1.29 is 14.4 Å². The number of hydrogen-bond acceptors (Lipinski definition) is 7. The number of benzene rings is 1. The molecule has 1 aromatic carbocycles. The van der Waals surface area contributed by atoms with Gasteiger partial charge in [-0.15, -0.1) is 0 Å². The summed E-state index contributed by atoms with van der Waals surface area (Å²) in [6.45, 7) is 0. The Morgan fingerprint density at radius 2 is 2.00 bits per heavy atom. The predicted molar refractivity (Wildman–Crippen MR) is 79.4 cm³/mol. The number of H-pyrrole nitrogens is 1. The van der Waals surface area contributed by atoms with Crippen LogP contribution in [0.15, 0.2) is 23.3 Å².